The lowest BCUT2D eigenvalue weighted by Gasteiger charge is -2.36. The summed E-state index contributed by atoms with van der Waals surface area (Å²) in [7, 11) is 0. The van der Waals surface area contributed by atoms with E-state index in [1.54, 1.807) is 0 Å². The van der Waals surface area contributed by atoms with Gasteiger partial charge in [0, 0.05) is 27.8 Å². The van der Waals surface area contributed by atoms with Crippen molar-refractivity contribution >= 4 is 39.3 Å². The van der Waals surface area contributed by atoms with Gasteiger partial charge in [-0.3, -0.25) is 0 Å². The van der Waals surface area contributed by atoms with Crippen molar-refractivity contribution in [2.45, 2.75) is 12.5 Å². The average Bonchev–Trinajstić information content (AvgIpc) is 3.49. The Morgan fingerprint density at radius 1 is 0.458 bits per heavy atom. The molecule has 9 rings (SSSR count). The van der Waals surface area contributed by atoms with Gasteiger partial charge in [0.05, 0.1) is 17.1 Å². The Hall–Kier alpha value is -6.12. The zero-order valence-corrected chi connectivity index (χ0v) is 26.6. The number of anilines is 2. The van der Waals surface area contributed by atoms with Crippen LogP contribution in [-0.4, -0.2) is 4.57 Å². The summed E-state index contributed by atoms with van der Waals surface area (Å²) >= 11 is 0. The number of benzene rings is 7. The third-order valence-electron chi connectivity index (χ3n) is 9.72. The van der Waals surface area contributed by atoms with Crippen LogP contribution in [-0.2, 0) is 0 Å². The summed E-state index contributed by atoms with van der Waals surface area (Å²) in [5.74, 6) is 0. The molecule has 0 unspecified atom stereocenters. The molecular formula is C46H34N2. The molecule has 1 heterocycles. The van der Waals surface area contributed by atoms with E-state index in [4.69, 9.17) is 0 Å². The predicted octanol–water partition coefficient (Wildman–Crippen LogP) is 12.4. The molecule has 0 aliphatic heterocycles. The molecule has 0 radical (unpaired) electrons. The second-order valence-corrected chi connectivity index (χ2v) is 12.5. The van der Waals surface area contributed by atoms with Gasteiger partial charge in [-0.2, -0.15) is 0 Å². The Bertz CT molecular complexity index is 2300. The maximum absolute atomic E-state index is 2.53. The van der Waals surface area contributed by atoms with Crippen LogP contribution in [0.15, 0.2) is 182 Å². The molecule has 228 valence electrons. The lowest BCUT2D eigenvalue weighted by atomic mass is 9.89. The summed E-state index contributed by atoms with van der Waals surface area (Å²) in [6.45, 7) is 0. The second-order valence-electron chi connectivity index (χ2n) is 12.5. The highest BCUT2D eigenvalue weighted by molar-refractivity contribution is 6.10. The highest BCUT2D eigenvalue weighted by Crippen LogP contribution is 2.44. The third kappa shape index (κ3) is 4.90. The van der Waals surface area contributed by atoms with E-state index in [-0.39, 0.29) is 6.04 Å². The van der Waals surface area contributed by atoms with Crippen LogP contribution in [0.25, 0.3) is 55.8 Å². The normalized spacial score (nSPS) is 13.9. The number of aromatic nitrogens is 1. The Kier molecular flexibility index (Phi) is 6.98. The fourth-order valence-electron chi connectivity index (χ4n) is 7.43. The van der Waals surface area contributed by atoms with E-state index in [9.17, 15) is 0 Å². The standard InChI is InChI=1S/C46H34N2/c1-4-13-33(14-5-1)35-23-27-39(28-24-35)47(40-29-25-36(26-30-40)34-15-6-2-7-16-34)45-22-12-17-37-31-43-41-20-10-11-21-44(41)48(46(43)32-42(37)45)38-18-8-3-9-19-38/h1-21,23-32,45H,22H2/t45-/m1/s1. The van der Waals surface area contributed by atoms with E-state index < -0.39 is 0 Å². The molecule has 0 amide bonds. The van der Waals surface area contributed by atoms with Crippen LogP contribution in [0.5, 0.6) is 0 Å². The molecular weight excluding hydrogens is 581 g/mol. The van der Waals surface area contributed by atoms with Gasteiger partial charge in [0.25, 0.3) is 0 Å². The van der Waals surface area contributed by atoms with Crippen LogP contribution in [0, 0.1) is 0 Å². The van der Waals surface area contributed by atoms with Crippen LogP contribution in [0.3, 0.4) is 0 Å². The fourth-order valence-corrected chi connectivity index (χ4v) is 7.43. The minimum Gasteiger partial charge on any atom is -0.334 e. The van der Waals surface area contributed by atoms with Crippen LogP contribution in [0.1, 0.15) is 23.6 Å². The zero-order chi connectivity index (χ0) is 31.9. The minimum atomic E-state index is 0.113. The van der Waals surface area contributed by atoms with Crippen molar-refractivity contribution in [1.29, 1.82) is 0 Å². The van der Waals surface area contributed by atoms with Gasteiger partial charge in [0.1, 0.15) is 0 Å². The smallest absolute Gasteiger partial charge is 0.0632 e. The first kappa shape index (κ1) is 28.1. The Morgan fingerprint density at radius 3 is 1.58 bits per heavy atom. The van der Waals surface area contributed by atoms with Gasteiger partial charge in [-0.05, 0) is 94.4 Å². The quantitative estimate of drug-likeness (QED) is 0.181. The topological polar surface area (TPSA) is 8.17 Å². The molecule has 1 aromatic heterocycles. The van der Waals surface area contributed by atoms with Gasteiger partial charge in [0.15, 0.2) is 0 Å². The zero-order valence-electron chi connectivity index (χ0n) is 26.6. The molecule has 0 spiro atoms. The lowest BCUT2D eigenvalue weighted by molar-refractivity contribution is 0.703. The number of fused-ring (bicyclic) bond motifs is 4. The van der Waals surface area contributed by atoms with E-state index >= 15 is 0 Å². The van der Waals surface area contributed by atoms with Crippen molar-refractivity contribution < 1.29 is 0 Å². The average molecular weight is 615 g/mol. The molecule has 0 saturated heterocycles. The second kappa shape index (κ2) is 11.9. The highest BCUT2D eigenvalue weighted by atomic mass is 15.2. The SMILES string of the molecule is C1=Cc2cc3c4ccccc4n(-c4ccccc4)c3cc2[C@H](N(c2ccc(-c3ccccc3)cc2)c2ccc(-c3ccccc3)cc2)C1. The summed E-state index contributed by atoms with van der Waals surface area (Å²) in [4.78, 5) is 2.53. The molecule has 0 bridgehead atoms. The summed E-state index contributed by atoms with van der Waals surface area (Å²) in [6, 6.07) is 63.9. The van der Waals surface area contributed by atoms with Crippen molar-refractivity contribution in [1.82, 2.24) is 4.57 Å². The maximum Gasteiger partial charge on any atom is 0.0632 e. The minimum absolute atomic E-state index is 0.113. The molecule has 48 heavy (non-hydrogen) atoms. The summed E-state index contributed by atoms with van der Waals surface area (Å²) < 4.78 is 2.42. The summed E-state index contributed by atoms with van der Waals surface area (Å²) in [6.07, 6.45) is 5.57. The first-order valence-electron chi connectivity index (χ1n) is 16.7. The van der Waals surface area contributed by atoms with Crippen LogP contribution >= 0.6 is 0 Å². The van der Waals surface area contributed by atoms with Gasteiger partial charge in [0.2, 0.25) is 0 Å². The van der Waals surface area contributed by atoms with Crippen molar-refractivity contribution in [2.24, 2.45) is 0 Å². The molecule has 0 N–H and O–H groups in total. The van der Waals surface area contributed by atoms with E-state index in [0.717, 1.165) is 6.42 Å². The molecule has 1 aliphatic carbocycles. The number of hydrogen-bond donors (Lipinski definition) is 0. The number of para-hydroxylation sites is 2. The van der Waals surface area contributed by atoms with Crippen LogP contribution < -0.4 is 4.90 Å². The van der Waals surface area contributed by atoms with E-state index in [1.165, 1.54) is 72.2 Å². The van der Waals surface area contributed by atoms with Crippen molar-refractivity contribution in [3.63, 3.8) is 0 Å². The van der Waals surface area contributed by atoms with Crippen LogP contribution in [0.4, 0.5) is 11.4 Å². The molecule has 7 aromatic carbocycles. The van der Waals surface area contributed by atoms with Crippen molar-refractivity contribution in [3.8, 4) is 27.9 Å². The summed E-state index contributed by atoms with van der Waals surface area (Å²) in [5.41, 5.74) is 13.5. The molecule has 2 nitrogen and oxygen atoms in total. The van der Waals surface area contributed by atoms with E-state index in [2.05, 4.69) is 198 Å². The van der Waals surface area contributed by atoms with Crippen LogP contribution in [0.2, 0.25) is 0 Å². The Labute approximate surface area is 281 Å². The number of hydrogen-bond acceptors (Lipinski definition) is 1. The monoisotopic (exact) mass is 614 g/mol. The molecule has 1 aliphatic rings. The van der Waals surface area contributed by atoms with Gasteiger partial charge in [-0.1, -0.05) is 133 Å². The first-order chi connectivity index (χ1) is 23.8. The van der Waals surface area contributed by atoms with Gasteiger partial charge < -0.3 is 9.47 Å². The van der Waals surface area contributed by atoms with Gasteiger partial charge in [-0.15, -0.1) is 0 Å². The Balaban J connectivity index is 1.22. The first-order valence-corrected chi connectivity index (χ1v) is 16.7. The lowest BCUT2D eigenvalue weighted by Crippen LogP contribution is -2.25. The predicted molar refractivity (Wildman–Crippen MR) is 203 cm³/mol. The number of nitrogens with zero attached hydrogens (tertiary/aromatic N) is 2. The molecule has 1 atom stereocenters. The third-order valence-corrected chi connectivity index (χ3v) is 9.72. The Morgan fingerprint density at radius 2 is 0.979 bits per heavy atom. The van der Waals surface area contributed by atoms with E-state index in [0.29, 0.717) is 0 Å². The molecule has 8 aromatic rings. The van der Waals surface area contributed by atoms with Crippen molar-refractivity contribution in [3.05, 3.63) is 193 Å². The molecule has 2 heteroatoms. The molecule has 0 saturated carbocycles. The van der Waals surface area contributed by atoms with E-state index in [1.807, 2.05) is 0 Å². The highest BCUT2D eigenvalue weighted by Gasteiger charge is 2.28. The largest absolute Gasteiger partial charge is 0.334 e. The van der Waals surface area contributed by atoms with Gasteiger partial charge in [-0.25, -0.2) is 0 Å². The number of rotatable bonds is 6. The summed E-state index contributed by atoms with van der Waals surface area (Å²) in [5, 5.41) is 2.56. The van der Waals surface area contributed by atoms with Crippen molar-refractivity contribution in [2.75, 3.05) is 4.90 Å². The van der Waals surface area contributed by atoms with Gasteiger partial charge >= 0.3 is 0 Å². The maximum atomic E-state index is 2.53. The molecule has 0 fully saturated rings. The fraction of sp³-hybridized carbons (Fsp3) is 0.0435.